The molecule has 7 aromatic rings. The Bertz CT molecular complexity index is 2570. The molecule has 2 aliphatic rings. The molecular formula is C49H42O. The van der Waals surface area contributed by atoms with E-state index < -0.39 is 0 Å². The van der Waals surface area contributed by atoms with E-state index in [4.69, 9.17) is 4.74 Å². The third kappa shape index (κ3) is 4.01. The second-order valence-corrected chi connectivity index (χ2v) is 15.2. The van der Waals surface area contributed by atoms with E-state index in [1.165, 1.54) is 99.1 Å². The minimum Gasteiger partial charge on any atom is -0.497 e. The molecule has 244 valence electrons. The lowest BCUT2D eigenvalue weighted by Gasteiger charge is -2.26. The van der Waals surface area contributed by atoms with Crippen molar-refractivity contribution in [1.29, 1.82) is 0 Å². The molecule has 0 bridgehead atoms. The van der Waals surface area contributed by atoms with E-state index >= 15 is 0 Å². The average Bonchev–Trinajstić information content (AvgIpc) is 3.49. The zero-order valence-electron chi connectivity index (χ0n) is 30.0. The molecule has 0 radical (unpaired) electrons. The Balaban J connectivity index is 1.49. The highest BCUT2D eigenvalue weighted by molar-refractivity contribution is 6.25. The normalized spacial score (nSPS) is 15.7. The molecule has 7 aromatic carbocycles. The summed E-state index contributed by atoms with van der Waals surface area (Å²) in [4.78, 5) is 0. The molecular weight excluding hydrogens is 605 g/mol. The van der Waals surface area contributed by atoms with Gasteiger partial charge in [0.1, 0.15) is 5.75 Å². The SMILES string of the molecule is CC=CC1=C(C)C(C)(C)c2cc(-c3c4ccccc4c(-c4ccc(OC)cc4)c4ccccc34)c3ccc4c(c3c21)-c1ccccc1C4(C)C. The summed E-state index contributed by atoms with van der Waals surface area (Å²) in [5.74, 6) is 0.865. The maximum atomic E-state index is 5.54. The molecule has 50 heavy (non-hydrogen) atoms. The van der Waals surface area contributed by atoms with Crippen molar-refractivity contribution in [2.45, 2.75) is 52.4 Å². The van der Waals surface area contributed by atoms with Crippen molar-refractivity contribution in [2.24, 2.45) is 0 Å². The lowest BCUT2D eigenvalue weighted by molar-refractivity contribution is 0.415. The Morgan fingerprint density at radius 3 is 1.74 bits per heavy atom. The predicted octanol–water partition coefficient (Wildman–Crippen LogP) is 13.4. The van der Waals surface area contributed by atoms with Crippen molar-refractivity contribution in [3.8, 4) is 39.1 Å². The molecule has 0 amide bonds. The molecule has 0 unspecified atom stereocenters. The van der Waals surface area contributed by atoms with Crippen LogP contribution in [0.3, 0.4) is 0 Å². The van der Waals surface area contributed by atoms with Crippen LogP contribution in [0.1, 0.15) is 63.8 Å². The summed E-state index contributed by atoms with van der Waals surface area (Å²) in [6.45, 7) is 14.1. The van der Waals surface area contributed by atoms with Gasteiger partial charge in [0.05, 0.1) is 7.11 Å². The standard InChI is InChI=1S/C49H42O/c1-8-15-32-29(2)48(3,4)42-28-39(37-26-27-41-46(47(37)45(32)42)38-20-13-14-21-40(38)49(41,5)6)44-35-18-11-9-16-33(35)43(34-17-10-12-19-36(34)44)30-22-24-31(50-7)25-23-30/h8-28H,1-7H3. The molecule has 0 fully saturated rings. The summed E-state index contributed by atoms with van der Waals surface area (Å²) >= 11 is 0. The van der Waals surface area contributed by atoms with Gasteiger partial charge in [-0.2, -0.15) is 0 Å². The van der Waals surface area contributed by atoms with E-state index in [-0.39, 0.29) is 10.8 Å². The summed E-state index contributed by atoms with van der Waals surface area (Å²) in [5, 5.41) is 7.77. The third-order valence-corrected chi connectivity index (χ3v) is 12.0. The van der Waals surface area contributed by atoms with Crippen molar-refractivity contribution in [1.82, 2.24) is 0 Å². The van der Waals surface area contributed by atoms with Gasteiger partial charge in [-0.25, -0.2) is 0 Å². The van der Waals surface area contributed by atoms with E-state index in [2.05, 4.69) is 169 Å². The monoisotopic (exact) mass is 646 g/mol. The van der Waals surface area contributed by atoms with Crippen LogP contribution < -0.4 is 4.74 Å². The Labute approximate surface area is 295 Å². The van der Waals surface area contributed by atoms with Gasteiger partial charge < -0.3 is 4.74 Å². The number of benzene rings is 7. The van der Waals surface area contributed by atoms with Gasteiger partial charge in [0.2, 0.25) is 0 Å². The van der Waals surface area contributed by atoms with Gasteiger partial charge in [0.25, 0.3) is 0 Å². The lowest BCUT2D eigenvalue weighted by Crippen LogP contribution is -2.16. The summed E-state index contributed by atoms with van der Waals surface area (Å²) in [6, 6.07) is 43.1. The quantitative estimate of drug-likeness (QED) is 0.173. The molecule has 0 aromatic heterocycles. The van der Waals surface area contributed by atoms with Gasteiger partial charge in [0, 0.05) is 10.8 Å². The maximum Gasteiger partial charge on any atom is 0.118 e. The topological polar surface area (TPSA) is 9.23 Å². The highest BCUT2D eigenvalue weighted by Gasteiger charge is 2.41. The molecule has 1 nitrogen and oxygen atoms in total. The Morgan fingerprint density at radius 1 is 0.520 bits per heavy atom. The molecule has 1 heteroatoms. The number of hydrogen-bond donors (Lipinski definition) is 0. The largest absolute Gasteiger partial charge is 0.497 e. The highest BCUT2D eigenvalue weighted by Crippen LogP contribution is 2.58. The minimum absolute atomic E-state index is 0.0873. The summed E-state index contributed by atoms with van der Waals surface area (Å²) in [7, 11) is 1.73. The Kier molecular flexibility index (Phi) is 6.62. The number of hydrogen-bond acceptors (Lipinski definition) is 1. The van der Waals surface area contributed by atoms with Crippen LogP contribution in [-0.4, -0.2) is 7.11 Å². The van der Waals surface area contributed by atoms with E-state index in [1.807, 2.05) is 0 Å². The fourth-order valence-electron chi connectivity index (χ4n) is 9.28. The molecule has 0 N–H and O–H groups in total. The molecule has 2 aliphatic carbocycles. The summed E-state index contributed by atoms with van der Waals surface area (Å²) in [6.07, 6.45) is 4.56. The highest BCUT2D eigenvalue weighted by atomic mass is 16.5. The van der Waals surface area contributed by atoms with Gasteiger partial charge in [-0.05, 0) is 126 Å². The molecule has 0 aliphatic heterocycles. The molecule has 0 atom stereocenters. The zero-order chi connectivity index (χ0) is 34.5. The van der Waals surface area contributed by atoms with Crippen molar-refractivity contribution in [3.63, 3.8) is 0 Å². The predicted molar refractivity (Wildman–Crippen MR) is 214 cm³/mol. The van der Waals surface area contributed by atoms with Crippen molar-refractivity contribution in [2.75, 3.05) is 7.11 Å². The van der Waals surface area contributed by atoms with Crippen LogP contribution in [0.15, 0.2) is 133 Å². The first-order chi connectivity index (χ1) is 24.2. The fraction of sp³-hybridized carbons (Fsp3) is 0.184. The van der Waals surface area contributed by atoms with Crippen molar-refractivity contribution < 1.29 is 4.74 Å². The molecule has 0 heterocycles. The van der Waals surface area contributed by atoms with Crippen LogP contribution in [0.25, 0.3) is 71.3 Å². The van der Waals surface area contributed by atoms with Crippen molar-refractivity contribution in [3.05, 3.63) is 155 Å². The van der Waals surface area contributed by atoms with E-state index in [0.717, 1.165) is 5.75 Å². The van der Waals surface area contributed by atoms with Gasteiger partial charge in [-0.15, -0.1) is 0 Å². The minimum atomic E-state index is -0.127. The first-order valence-corrected chi connectivity index (χ1v) is 17.9. The number of rotatable bonds is 4. The Hall–Kier alpha value is -5.40. The third-order valence-electron chi connectivity index (χ3n) is 12.0. The fourth-order valence-corrected chi connectivity index (χ4v) is 9.28. The number of methoxy groups -OCH3 is 1. The first kappa shape index (κ1) is 30.6. The van der Waals surface area contributed by atoms with Crippen LogP contribution in [-0.2, 0) is 10.8 Å². The summed E-state index contributed by atoms with van der Waals surface area (Å²) < 4.78 is 5.54. The van der Waals surface area contributed by atoms with Crippen LogP contribution in [0, 0.1) is 0 Å². The van der Waals surface area contributed by atoms with Crippen LogP contribution in [0.5, 0.6) is 5.75 Å². The average molecular weight is 647 g/mol. The molecule has 0 saturated heterocycles. The maximum absolute atomic E-state index is 5.54. The first-order valence-electron chi connectivity index (χ1n) is 17.9. The lowest BCUT2D eigenvalue weighted by atomic mass is 9.76. The van der Waals surface area contributed by atoms with Gasteiger partial charge in [0.15, 0.2) is 0 Å². The van der Waals surface area contributed by atoms with Gasteiger partial charge in [-0.3, -0.25) is 0 Å². The van der Waals surface area contributed by atoms with Gasteiger partial charge in [-0.1, -0.05) is 142 Å². The van der Waals surface area contributed by atoms with E-state index in [9.17, 15) is 0 Å². The van der Waals surface area contributed by atoms with Crippen LogP contribution in [0.2, 0.25) is 0 Å². The van der Waals surface area contributed by atoms with Crippen molar-refractivity contribution >= 4 is 37.9 Å². The van der Waals surface area contributed by atoms with E-state index in [0.29, 0.717) is 0 Å². The smallest absolute Gasteiger partial charge is 0.118 e. The second kappa shape index (κ2) is 10.8. The number of fused-ring (bicyclic) bond motifs is 9. The molecule has 9 rings (SSSR count). The van der Waals surface area contributed by atoms with Gasteiger partial charge >= 0.3 is 0 Å². The summed E-state index contributed by atoms with van der Waals surface area (Å²) in [5.41, 5.74) is 16.0. The Morgan fingerprint density at radius 2 is 1.12 bits per heavy atom. The van der Waals surface area contributed by atoms with Crippen LogP contribution >= 0.6 is 0 Å². The zero-order valence-corrected chi connectivity index (χ0v) is 30.0. The van der Waals surface area contributed by atoms with E-state index in [1.54, 1.807) is 7.11 Å². The van der Waals surface area contributed by atoms with Crippen LogP contribution in [0.4, 0.5) is 0 Å². The second-order valence-electron chi connectivity index (χ2n) is 15.2. The molecule has 0 spiro atoms. The number of ether oxygens (including phenoxy) is 1. The molecule has 0 saturated carbocycles. The number of allylic oxidation sites excluding steroid dienone is 4.